The zero-order valence-corrected chi connectivity index (χ0v) is 16.5. The number of aliphatic hydroxyl groups is 4. The number of aliphatic hydroxyl groups excluding tert-OH is 4. The molecule has 0 aliphatic carbocycles. The highest BCUT2D eigenvalue weighted by atomic mass is 16.6. The van der Waals surface area contributed by atoms with E-state index in [1.807, 2.05) is 31.2 Å². The van der Waals surface area contributed by atoms with E-state index in [9.17, 15) is 25.5 Å². The lowest BCUT2D eigenvalue weighted by Gasteiger charge is -2.48. The van der Waals surface area contributed by atoms with Crippen LogP contribution in [-0.4, -0.2) is 70.3 Å². The van der Waals surface area contributed by atoms with Crippen molar-refractivity contribution >= 4 is 0 Å². The van der Waals surface area contributed by atoms with Crippen LogP contribution in [0.5, 0.6) is 5.75 Å². The molecule has 7 heteroatoms. The smallest absolute Gasteiger partial charge is 0.145 e. The first-order chi connectivity index (χ1) is 13.8. The number of phenolic OH excluding ortho intramolecular Hbond substituents is 1. The van der Waals surface area contributed by atoms with Gasteiger partial charge in [-0.2, -0.15) is 0 Å². The fourth-order valence-corrected chi connectivity index (χ4v) is 3.85. The first-order valence-electron chi connectivity index (χ1n) is 9.52. The second kappa shape index (κ2) is 8.79. The molecule has 3 rings (SSSR count). The van der Waals surface area contributed by atoms with Crippen LogP contribution in [0.3, 0.4) is 0 Å². The first kappa shape index (κ1) is 21.7. The molecule has 2 aromatic rings. The van der Waals surface area contributed by atoms with Gasteiger partial charge >= 0.3 is 0 Å². The van der Waals surface area contributed by atoms with Gasteiger partial charge in [0, 0.05) is 7.11 Å². The van der Waals surface area contributed by atoms with Gasteiger partial charge in [-0.15, -0.1) is 0 Å². The molecule has 1 aliphatic heterocycles. The summed E-state index contributed by atoms with van der Waals surface area (Å²) in [7, 11) is 1.45. The zero-order valence-electron chi connectivity index (χ0n) is 16.5. The summed E-state index contributed by atoms with van der Waals surface area (Å²) >= 11 is 0. The SMILES string of the molecule is COC[C@]1(c2ccc(C)c(Cc3ccc(O)cc3)c2)O[C@H](CO)[C@@H](O)[C@H](O)[C@H]1O. The standard InChI is InChI=1S/C22H28O7/c1-13-3-6-16(10-15(13)9-14-4-7-17(24)8-5-14)22(12-28-2)21(27)20(26)19(25)18(11-23)29-22/h3-8,10,18-21,23-27H,9,11-12H2,1-2H3/t18-,19-,20+,21-,22-/m1/s1. The van der Waals surface area contributed by atoms with Crippen LogP contribution in [0.1, 0.15) is 22.3 Å². The van der Waals surface area contributed by atoms with Gasteiger partial charge in [0.25, 0.3) is 0 Å². The van der Waals surface area contributed by atoms with E-state index in [1.54, 1.807) is 18.2 Å². The van der Waals surface area contributed by atoms with Gasteiger partial charge in [-0.3, -0.25) is 0 Å². The molecule has 158 valence electrons. The maximum Gasteiger partial charge on any atom is 0.145 e. The van der Waals surface area contributed by atoms with E-state index in [2.05, 4.69) is 0 Å². The van der Waals surface area contributed by atoms with Crippen molar-refractivity contribution in [3.63, 3.8) is 0 Å². The number of phenols is 1. The molecule has 1 fully saturated rings. The van der Waals surface area contributed by atoms with Crippen molar-refractivity contribution in [2.75, 3.05) is 20.3 Å². The van der Waals surface area contributed by atoms with E-state index >= 15 is 0 Å². The molecular weight excluding hydrogens is 376 g/mol. The fourth-order valence-electron chi connectivity index (χ4n) is 3.85. The van der Waals surface area contributed by atoms with Gasteiger partial charge in [-0.1, -0.05) is 30.3 Å². The lowest BCUT2D eigenvalue weighted by molar-refractivity contribution is -0.290. The van der Waals surface area contributed by atoms with Gasteiger partial charge < -0.3 is 35.0 Å². The number of benzene rings is 2. The summed E-state index contributed by atoms with van der Waals surface area (Å²) in [5.41, 5.74) is 2.13. The third kappa shape index (κ3) is 4.16. The third-order valence-corrected chi connectivity index (χ3v) is 5.60. The molecule has 0 saturated carbocycles. The van der Waals surface area contributed by atoms with E-state index in [0.29, 0.717) is 12.0 Å². The molecule has 1 aliphatic rings. The largest absolute Gasteiger partial charge is 0.508 e. The van der Waals surface area contributed by atoms with Crippen LogP contribution < -0.4 is 0 Å². The Kier molecular flexibility index (Phi) is 6.58. The summed E-state index contributed by atoms with van der Waals surface area (Å²) in [4.78, 5) is 0. The van der Waals surface area contributed by atoms with E-state index in [1.165, 1.54) is 7.11 Å². The topological polar surface area (TPSA) is 120 Å². The van der Waals surface area contributed by atoms with Crippen LogP contribution in [0.15, 0.2) is 42.5 Å². The van der Waals surface area contributed by atoms with E-state index in [0.717, 1.165) is 16.7 Å². The Hall–Kier alpha value is -2.00. The van der Waals surface area contributed by atoms with Gasteiger partial charge in [-0.05, 0) is 47.7 Å². The van der Waals surface area contributed by atoms with Gasteiger partial charge in [0.05, 0.1) is 13.2 Å². The average molecular weight is 404 g/mol. The molecule has 7 nitrogen and oxygen atoms in total. The van der Waals surface area contributed by atoms with Crippen molar-refractivity contribution < 1.29 is 35.0 Å². The predicted octanol–water partition coefficient (Wildman–Crippen LogP) is 0.607. The summed E-state index contributed by atoms with van der Waals surface area (Å²) in [5.74, 6) is 0.194. The van der Waals surface area contributed by atoms with Gasteiger partial charge in [0.2, 0.25) is 0 Å². The van der Waals surface area contributed by atoms with Gasteiger partial charge in [-0.25, -0.2) is 0 Å². The summed E-state index contributed by atoms with van der Waals surface area (Å²) < 4.78 is 11.2. The Balaban J connectivity index is 2.02. The van der Waals surface area contributed by atoms with Gasteiger partial charge in [0.15, 0.2) is 0 Å². The molecule has 0 radical (unpaired) electrons. The fraction of sp³-hybridized carbons (Fsp3) is 0.455. The molecule has 1 heterocycles. The van der Waals surface area contributed by atoms with E-state index in [-0.39, 0.29) is 12.4 Å². The highest BCUT2D eigenvalue weighted by Crippen LogP contribution is 2.39. The molecule has 0 spiro atoms. The van der Waals surface area contributed by atoms with Gasteiger partial charge in [0.1, 0.15) is 35.8 Å². The number of hydrogen-bond acceptors (Lipinski definition) is 7. The summed E-state index contributed by atoms with van der Waals surface area (Å²) in [6, 6.07) is 12.5. The Morgan fingerprint density at radius 3 is 2.34 bits per heavy atom. The van der Waals surface area contributed by atoms with Crippen LogP contribution in [0.4, 0.5) is 0 Å². The molecule has 29 heavy (non-hydrogen) atoms. The van der Waals surface area contributed by atoms with E-state index in [4.69, 9.17) is 9.47 Å². The Morgan fingerprint density at radius 2 is 1.72 bits per heavy atom. The molecular formula is C22H28O7. The molecule has 0 amide bonds. The second-order valence-electron chi connectivity index (χ2n) is 7.57. The van der Waals surface area contributed by atoms with Crippen molar-refractivity contribution in [3.05, 3.63) is 64.7 Å². The van der Waals surface area contributed by atoms with Crippen molar-refractivity contribution in [1.29, 1.82) is 0 Å². The molecule has 5 N–H and O–H groups in total. The molecule has 0 bridgehead atoms. The molecule has 5 atom stereocenters. The number of aryl methyl sites for hydroxylation is 1. The van der Waals surface area contributed by atoms with Crippen LogP contribution in [-0.2, 0) is 21.5 Å². The number of methoxy groups -OCH3 is 1. The Morgan fingerprint density at radius 1 is 1.03 bits per heavy atom. The van der Waals surface area contributed by atoms with Crippen LogP contribution in [0.2, 0.25) is 0 Å². The molecule has 1 saturated heterocycles. The summed E-state index contributed by atoms with van der Waals surface area (Å²) in [6.07, 6.45) is -4.84. The minimum atomic E-state index is -1.50. The predicted molar refractivity (Wildman–Crippen MR) is 106 cm³/mol. The average Bonchev–Trinajstić information content (AvgIpc) is 2.72. The minimum Gasteiger partial charge on any atom is -0.508 e. The number of ether oxygens (including phenoxy) is 2. The van der Waals surface area contributed by atoms with Crippen molar-refractivity contribution in [2.24, 2.45) is 0 Å². The molecule has 0 aromatic heterocycles. The minimum absolute atomic E-state index is 0.0733. The Bertz CT molecular complexity index is 820. The normalized spacial score (nSPS) is 29.7. The number of aromatic hydroxyl groups is 1. The zero-order chi connectivity index (χ0) is 21.2. The summed E-state index contributed by atoms with van der Waals surface area (Å²) in [6.45, 7) is 1.38. The number of hydrogen-bond donors (Lipinski definition) is 5. The quantitative estimate of drug-likeness (QED) is 0.478. The Labute approximate surface area is 169 Å². The third-order valence-electron chi connectivity index (χ3n) is 5.60. The van der Waals surface area contributed by atoms with Crippen molar-refractivity contribution in [1.82, 2.24) is 0 Å². The van der Waals surface area contributed by atoms with Crippen molar-refractivity contribution in [2.45, 2.75) is 43.4 Å². The maximum atomic E-state index is 10.8. The first-order valence-corrected chi connectivity index (χ1v) is 9.52. The second-order valence-corrected chi connectivity index (χ2v) is 7.57. The highest BCUT2D eigenvalue weighted by molar-refractivity contribution is 5.40. The van der Waals surface area contributed by atoms with E-state index < -0.39 is 36.6 Å². The number of rotatable bonds is 6. The van der Waals surface area contributed by atoms with Crippen LogP contribution in [0, 0.1) is 6.92 Å². The highest BCUT2D eigenvalue weighted by Gasteiger charge is 2.54. The molecule has 2 aromatic carbocycles. The van der Waals surface area contributed by atoms with Crippen molar-refractivity contribution in [3.8, 4) is 5.75 Å². The lowest BCUT2D eigenvalue weighted by atomic mass is 9.79. The van der Waals surface area contributed by atoms with Crippen LogP contribution >= 0.6 is 0 Å². The summed E-state index contributed by atoms with van der Waals surface area (Å²) in [5, 5.41) is 50.4. The monoisotopic (exact) mass is 404 g/mol. The molecule has 0 unspecified atom stereocenters. The van der Waals surface area contributed by atoms with Crippen LogP contribution in [0.25, 0.3) is 0 Å². The maximum absolute atomic E-state index is 10.8. The lowest BCUT2D eigenvalue weighted by Crippen LogP contribution is -2.65.